The van der Waals surface area contributed by atoms with Gasteiger partial charge in [0.05, 0.1) is 18.2 Å². The molecule has 7 heteroatoms. The predicted octanol–water partition coefficient (Wildman–Crippen LogP) is -0.0681. The molecule has 1 saturated carbocycles. The molecule has 0 aromatic carbocycles. The largest absolute Gasteiger partial charge is 0.481 e. The standard InChI is InChI=1S/C9H12N4O3/c14-7(15)4-9(2-1-3-9)11-8(16)6-5-10-13-12-6/h5H,1-4H2,(H,11,16)(H,14,15)(H,10,12,13). The van der Waals surface area contributed by atoms with Crippen LogP contribution in [-0.4, -0.2) is 37.9 Å². The molecule has 0 atom stereocenters. The highest BCUT2D eigenvalue weighted by Crippen LogP contribution is 2.35. The van der Waals surface area contributed by atoms with Gasteiger partial charge in [-0.3, -0.25) is 9.59 Å². The summed E-state index contributed by atoms with van der Waals surface area (Å²) in [7, 11) is 0. The third-order valence-electron chi connectivity index (χ3n) is 2.83. The Balaban J connectivity index is 2.02. The Morgan fingerprint density at radius 3 is 2.75 bits per heavy atom. The van der Waals surface area contributed by atoms with E-state index in [1.807, 2.05) is 0 Å². The van der Waals surface area contributed by atoms with Crippen LogP contribution in [0.2, 0.25) is 0 Å². The predicted molar refractivity (Wildman–Crippen MR) is 52.7 cm³/mol. The monoisotopic (exact) mass is 224 g/mol. The van der Waals surface area contributed by atoms with Gasteiger partial charge in [0.1, 0.15) is 0 Å². The van der Waals surface area contributed by atoms with E-state index in [0.717, 1.165) is 6.42 Å². The number of carbonyl (C=O) groups excluding carboxylic acids is 1. The van der Waals surface area contributed by atoms with Crippen molar-refractivity contribution in [3.63, 3.8) is 0 Å². The second-order valence-electron chi connectivity index (χ2n) is 4.01. The minimum absolute atomic E-state index is 0.0450. The van der Waals surface area contributed by atoms with Gasteiger partial charge in [0.25, 0.3) is 5.91 Å². The van der Waals surface area contributed by atoms with E-state index in [9.17, 15) is 9.59 Å². The molecule has 0 unspecified atom stereocenters. The molecule has 1 aromatic heterocycles. The third kappa shape index (κ3) is 2.02. The quantitative estimate of drug-likeness (QED) is 0.663. The number of aliphatic carboxylic acids is 1. The average Bonchev–Trinajstić information content (AvgIpc) is 2.66. The Morgan fingerprint density at radius 2 is 2.31 bits per heavy atom. The van der Waals surface area contributed by atoms with Crippen LogP contribution in [0.1, 0.15) is 36.2 Å². The first-order chi connectivity index (χ1) is 7.61. The molecule has 1 aromatic rings. The Hall–Kier alpha value is -1.92. The first kappa shape index (κ1) is 10.6. The lowest BCUT2D eigenvalue weighted by Crippen LogP contribution is -2.54. The van der Waals surface area contributed by atoms with Gasteiger partial charge < -0.3 is 10.4 Å². The van der Waals surface area contributed by atoms with Crippen LogP contribution < -0.4 is 5.32 Å². The van der Waals surface area contributed by atoms with E-state index in [2.05, 4.69) is 20.7 Å². The molecule has 1 heterocycles. The number of aromatic amines is 1. The summed E-state index contributed by atoms with van der Waals surface area (Å²) in [6.45, 7) is 0. The number of carboxylic acid groups (broad SMARTS) is 1. The number of carbonyl (C=O) groups is 2. The fourth-order valence-corrected chi connectivity index (χ4v) is 1.85. The highest BCUT2D eigenvalue weighted by Gasteiger charge is 2.40. The maximum atomic E-state index is 11.7. The molecular formula is C9H12N4O3. The maximum Gasteiger partial charge on any atom is 0.305 e. The van der Waals surface area contributed by atoms with Gasteiger partial charge in [-0.15, -0.1) is 0 Å². The Bertz CT molecular complexity index is 397. The van der Waals surface area contributed by atoms with E-state index in [0.29, 0.717) is 12.8 Å². The van der Waals surface area contributed by atoms with Crippen LogP contribution in [-0.2, 0) is 4.79 Å². The van der Waals surface area contributed by atoms with Crippen molar-refractivity contribution in [2.75, 3.05) is 0 Å². The van der Waals surface area contributed by atoms with Gasteiger partial charge in [-0.1, -0.05) is 0 Å². The summed E-state index contributed by atoms with van der Waals surface area (Å²) in [6.07, 6.45) is 3.59. The molecule has 0 aliphatic heterocycles. The third-order valence-corrected chi connectivity index (χ3v) is 2.83. The highest BCUT2D eigenvalue weighted by atomic mass is 16.4. The van der Waals surface area contributed by atoms with Crippen molar-refractivity contribution < 1.29 is 14.7 Å². The summed E-state index contributed by atoms with van der Waals surface area (Å²) >= 11 is 0. The molecule has 16 heavy (non-hydrogen) atoms. The molecular weight excluding hydrogens is 212 g/mol. The number of hydrogen-bond acceptors (Lipinski definition) is 4. The van der Waals surface area contributed by atoms with Crippen molar-refractivity contribution in [3.05, 3.63) is 11.9 Å². The van der Waals surface area contributed by atoms with E-state index in [-0.39, 0.29) is 18.0 Å². The highest BCUT2D eigenvalue weighted by molar-refractivity contribution is 5.92. The van der Waals surface area contributed by atoms with E-state index < -0.39 is 11.5 Å². The van der Waals surface area contributed by atoms with E-state index in [1.165, 1.54) is 6.20 Å². The van der Waals surface area contributed by atoms with Gasteiger partial charge in [0, 0.05) is 0 Å². The number of aromatic nitrogens is 3. The molecule has 1 fully saturated rings. The van der Waals surface area contributed by atoms with Gasteiger partial charge in [-0.25, -0.2) is 0 Å². The van der Waals surface area contributed by atoms with Crippen molar-refractivity contribution in [3.8, 4) is 0 Å². The number of hydrogen-bond donors (Lipinski definition) is 3. The van der Waals surface area contributed by atoms with Crippen molar-refractivity contribution >= 4 is 11.9 Å². The number of nitrogens with zero attached hydrogens (tertiary/aromatic N) is 2. The van der Waals surface area contributed by atoms with Crippen molar-refractivity contribution in [2.24, 2.45) is 0 Å². The van der Waals surface area contributed by atoms with Gasteiger partial charge in [-0.2, -0.15) is 15.4 Å². The Kier molecular flexibility index (Phi) is 2.59. The molecule has 7 nitrogen and oxygen atoms in total. The Labute approximate surface area is 91.2 Å². The molecule has 0 radical (unpaired) electrons. The number of carboxylic acids is 1. The summed E-state index contributed by atoms with van der Waals surface area (Å²) in [5.74, 6) is -1.28. The number of rotatable bonds is 4. The van der Waals surface area contributed by atoms with Crippen LogP contribution in [0.3, 0.4) is 0 Å². The summed E-state index contributed by atoms with van der Waals surface area (Å²) in [5.41, 5.74) is -0.418. The summed E-state index contributed by atoms with van der Waals surface area (Å²) in [6, 6.07) is 0. The van der Waals surface area contributed by atoms with Gasteiger partial charge in [0.15, 0.2) is 5.69 Å². The van der Waals surface area contributed by atoms with Crippen molar-refractivity contribution in [2.45, 2.75) is 31.2 Å². The fraction of sp³-hybridized carbons (Fsp3) is 0.556. The maximum absolute atomic E-state index is 11.7. The van der Waals surface area contributed by atoms with E-state index in [4.69, 9.17) is 5.11 Å². The molecule has 0 saturated heterocycles. The van der Waals surface area contributed by atoms with Crippen LogP contribution in [0.15, 0.2) is 6.20 Å². The zero-order valence-corrected chi connectivity index (χ0v) is 8.56. The van der Waals surface area contributed by atoms with Crippen LogP contribution in [0.5, 0.6) is 0 Å². The molecule has 3 N–H and O–H groups in total. The normalized spacial score (nSPS) is 17.5. The first-order valence-electron chi connectivity index (χ1n) is 5.01. The van der Waals surface area contributed by atoms with E-state index in [1.54, 1.807) is 0 Å². The lowest BCUT2D eigenvalue weighted by molar-refractivity contribution is -0.139. The van der Waals surface area contributed by atoms with E-state index >= 15 is 0 Å². The Morgan fingerprint density at radius 1 is 1.56 bits per heavy atom. The summed E-state index contributed by atoms with van der Waals surface area (Å²) < 4.78 is 0. The minimum atomic E-state index is -0.903. The van der Waals surface area contributed by atoms with Crippen molar-refractivity contribution in [1.29, 1.82) is 0 Å². The molecule has 86 valence electrons. The number of H-pyrrole nitrogens is 1. The number of nitrogens with one attached hydrogen (secondary N) is 2. The second-order valence-corrected chi connectivity index (χ2v) is 4.01. The van der Waals surface area contributed by atoms with Crippen LogP contribution in [0.25, 0.3) is 0 Å². The first-order valence-corrected chi connectivity index (χ1v) is 5.01. The molecule has 0 spiro atoms. The fourth-order valence-electron chi connectivity index (χ4n) is 1.85. The van der Waals surface area contributed by atoms with Crippen LogP contribution in [0.4, 0.5) is 0 Å². The average molecular weight is 224 g/mol. The molecule has 0 bridgehead atoms. The minimum Gasteiger partial charge on any atom is -0.481 e. The lowest BCUT2D eigenvalue weighted by atomic mass is 9.74. The number of amides is 1. The summed E-state index contributed by atoms with van der Waals surface area (Å²) in [5, 5.41) is 21.0. The zero-order valence-electron chi connectivity index (χ0n) is 8.56. The zero-order chi connectivity index (χ0) is 11.6. The lowest BCUT2D eigenvalue weighted by Gasteiger charge is -2.41. The van der Waals surface area contributed by atoms with Crippen LogP contribution in [0, 0.1) is 0 Å². The van der Waals surface area contributed by atoms with Gasteiger partial charge in [-0.05, 0) is 19.3 Å². The van der Waals surface area contributed by atoms with Crippen LogP contribution >= 0.6 is 0 Å². The molecule has 2 rings (SSSR count). The van der Waals surface area contributed by atoms with Crippen molar-refractivity contribution in [1.82, 2.24) is 20.7 Å². The topological polar surface area (TPSA) is 108 Å². The smallest absolute Gasteiger partial charge is 0.305 e. The molecule has 1 aliphatic rings. The van der Waals surface area contributed by atoms with Gasteiger partial charge >= 0.3 is 5.97 Å². The SMILES string of the molecule is O=C(O)CC1(NC(=O)c2cn[nH]n2)CCC1. The van der Waals surface area contributed by atoms with Gasteiger partial charge in [0.2, 0.25) is 0 Å². The molecule has 1 amide bonds. The second kappa shape index (κ2) is 3.92. The summed E-state index contributed by atoms with van der Waals surface area (Å²) in [4.78, 5) is 22.4. The molecule has 1 aliphatic carbocycles.